The molecule has 0 spiro atoms. The van der Waals surface area contributed by atoms with Gasteiger partial charge in [0.2, 0.25) is 0 Å². The molecule has 2 aromatic rings. The van der Waals surface area contributed by atoms with Crippen LogP contribution in [0.2, 0.25) is 0 Å². The Labute approximate surface area is 128 Å². The largest absolute Gasteiger partial charge is 0.330 e. The minimum Gasteiger partial charge on any atom is -0.330 e. The average molecular weight is 334 g/mol. The number of benzene rings is 1. The molecule has 2 N–H and O–H groups in total. The normalized spacial score (nSPS) is 22.9. The fourth-order valence-corrected chi connectivity index (χ4v) is 3.51. The molecule has 4 heteroatoms. The van der Waals surface area contributed by atoms with E-state index in [1.165, 1.54) is 36.9 Å². The van der Waals surface area contributed by atoms with Crippen LogP contribution in [0.3, 0.4) is 0 Å². The molecule has 0 saturated heterocycles. The van der Waals surface area contributed by atoms with Crippen molar-refractivity contribution in [1.29, 1.82) is 0 Å². The van der Waals surface area contributed by atoms with Crippen molar-refractivity contribution in [2.24, 2.45) is 11.7 Å². The maximum Gasteiger partial charge on any atom is 0.0953 e. The van der Waals surface area contributed by atoms with E-state index in [1.807, 2.05) is 12.5 Å². The predicted molar refractivity (Wildman–Crippen MR) is 85.4 cm³/mol. The van der Waals surface area contributed by atoms with Gasteiger partial charge in [-0.1, -0.05) is 40.9 Å². The molecule has 1 fully saturated rings. The van der Waals surface area contributed by atoms with Gasteiger partial charge in [0.1, 0.15) is 0 Å². The van der Waals surface area contributed by atoms with Crippen LogP contribution in [-0.2, 0) is 0 Å². The van der Waals surface area contributed by atoms with Crippen molar-refractivity contribution in [2.45, 2.75) is 31.7 Å². The van der Waals surface area contributed by atoms with E-state index in [4.69, 9.17) is 5.73 Å². The van der Waals surface area contributed by atoms with Crippen LogP contribution in [-0.4, -0.2) is 16.1 Å². The number of hydrogen-bond donors (Lipinski definition) is 1. The van der Waals surface area contributed by atoms with Gasteiger partial charge in [-0.05, 0) is 43.0 Å². The number of aromatic nitrogens is 2. The van der Waals surface area contributed by atoms with Gasteiger partial charge in [-0.3, -0.25) is 0 Å². The molecule has 0 aliphatic heterocycles. The van der Waals surface area contributed by atoms with E-state index < -0.39 is 0 Å². The number of rotatable bonds is 3. The molecule has 1 aliphatic rings. The minimum absolute atomic E-state index is 0.495. The van der Waals surface area contributed by atoms with E-state index in [1.54, 1.807) is 0 Å². The van der Waals surface area contributed by atoms with E-state index in [0.717, 1.165) is 11.0 Å². The van der Waals surface area contributed by atoms with Crippen LogP contribution < -0.4 is 5.73 Å². The van der Waals surface area contributed by atoms with E-state index >= 15 is 0 Å². The molecular formula is C16H20BrN3. The maximum absolute atomic E-state index is 5.97. The lowest BCUT2D eigenvalue weighted by Crippen LogP contribution is -2.29. The van der Waals surface area contributed by atoms with Gasteiger partial charge in [-0.2, -0.15) is 0 Å². The summed E-state index contributed by atoms with van der Waals surface area (Å²) in [5, 5.41) is 0. The zero-order chi connectivity index (χ0) is 13.9. The van der Waals surface area contributed by atoms with Crippen molar-refractivity contribution in [2.75, 3.05) is 6.54 Å². The van der Waals surface area contributed by atoms with Crippen LogP contribution >= 0.6 is 15.9 Å². The van der Waals surface area contributed by atoms with Crippen molar-refractivity contribution in [3.05, 3.63) is 41.3 Å². The Kier molecular flexibility index (Phi) is 4.22. The summed E-state index contributed by atoms with van der Waals surface area (Å²) in [4.78, 5) is 4.38. The second-order valence-corrected chi connectivity index (χ2v) is 6.46. The quantitative estimate of drug-likeness (QED) is 0.922. The van der Waals surface area contributed by atoms with Crippen LogP contribution in [0.1, 0.15) is 31.7 Å². The highest BCUT2D eigenvalue weighted by atomic mass is 79.9. The summed E-state index contributed by atoms with van der Waals surface area (Å²) in [6.45, 7) is 0.766. The summed E-state index contributed by atoms with van der Waals surface area (Å²) in [5.41, 5.74) is 8.38. The highest BCUT2D eigenvalue weighted by Crippen LogP contribution is 2.36. The number of halogens is 1. The van der Waals surface area contributed by atoms with E-state index in [2.05, 4.69) is 49.7 Å². The van der Waals surface area contributed by atoms with Gasteiger partial charge in [0.05, 0.1) is 18.2 Å². The van der Waals surface area contributed by atoms with Gasteiger partial charge < -0.3 is 10.3 Å². The van der Waals surface area contributed by atoms with Gasteiger partial charge >= 0.3 is 0 Å². The van der Waals surface area contributed by atoms with E-state index in [-0.39, 0.29) is 0 Å². The third-order valence-corrected chi connectivity index (χ3v) is 4.86. The molecule has 2 unspecified atom stereocenters. The first-order chi connectivity index (χ1) is 9.79. The number of hydrogen-bond acceptors (Lipinski definition) is 2. The Hall–Kier alpha value is -1.13. The van der Waals surface area contributed by atoms with Gasteiger partial charge in [0, 0.05) is 10.5 Å². The Morgan fingerprint density at radius 2 is 1.95 bits per heavy atom. The predicted octanol–water partition coefficient (Wildman–Crippen LogP) is 4.00. The average Bonchev–Trinajstić information content (AvgIpc) is 2.97. The van der Waals surface area contributed by atoms with Crippen molar-refractivity contribution >= 4 is 15.9 Å². The van der Waals surface area contributed by atoms with Crippen LogP contribution in [0.15, 0.2) is 41.3 Å². The number of nitrogens with two attached hydrogens (primary N) is 1. The van der Waals surface area contributed by atoms with Crippen LogP contribution in [0, 0.1) is 5.92 Å². The lowest BCUT2D eigenvalue weighted by Gasteiger charge is -2.32. The summed E-state index contributed by atoms with van der Waals surface area (Å²) in [6.07, 6.45) is 8.97. The Balaban J connectivity index is 1.95. The van der Waals surface area contributed by atoms with Crippen molar-refractivity contribution in [3.63, 3.8) is 0 Å². The molecule has 3 rings (SSSR count). The van der Waals surface area contributed by atoms with Gasteiger partial charge in [0.15, 0.2) is 0 Å². The molecule has 1 aliphatic carbocycles. The van der Waals surface area contributed by atoms with Crippen molar-refractivity contribution < 1.29 is 0 Å². The summed E-state index contributed by atoms with van der Waals surface area (Å²) in [7, 11) is 0. The van der Waals surface area contributed by atoms with Crippen molar-refractivity contribution in [1.82, 2.24) is 9.55 Å². The highest BCUT2D eigenvalue weighted by Gasteiger charge is 2.26. The Bertz CT molecular complexity index is 561. The first-order valence-corrected chi connectivity index (χ1v) is 8.06. The molecule has 106 valence electrons. The van der Waals surface area contributed by atoms with Crippen LogP contribution in [0.5, 0.6) is 0 Å². The monoisotopic (exact) mass is 333 g/mol. The molecule has 1 saturated carbocycles. The SMILES string of the molecule is NCC1CCCCC1n1cncc1-c1ccc(Br)cc1. The first-order valence-electron chi connectivity index (χ1n) is 7.27. The van der Waals surface area contributed by atoms with Crippen LogP contribution in [0.25, 0.3) is 11.3 Å². The Morgan fingerprint density at radius 1 is 1.20 bits per heavy atom. The van der Waals surface area contributed by atoms with Gasteiger partial charge in [-0.25, -0.2) is 4.98 Å². The first kappa shape index (κ1) is 13.8. The molecule has 1 heterocycles. The third kappa shape index (κ3) is 2.67. The zero-order valence-electron chi connectivity index (χ0n) is 11.5. The van der Waals surface area contributed by atoms with Gasteiger partial charge in [-0.15, -0.1) is 0 Å². The van der Waals surface area contributed by atoms with Gasteiger partial charge in [0.25, 0.3) is 0 Å². The highest BCUT2D eigenvalue weighted by molar-refractivity contribution is 9.10. The molecule has 3 nitrogen and oxygen atoms in total. The molecule has 0 radical (unpaired) electrons. The van der Waals surface area contributed by atoms with Crippen molar-refractivity contribution in [3.8, 4) is 11.3 Å². The lowest BCUT2D eigenvalue weighted by atomic mass is 9.84. The fourth-order valence-electron chi connectivity index (χ4n) is 3.24. The summed E-state index contributed by atoms with van der Waals surface area (Å²) < 4.78 is 3.43. The summed E-state index contributed by atoms with van der Waals surface area (Å²) in [5.74, 6) is 0.576. The summed E-state index contributed by atoms with van der Waals surface area (Å²) in [6, 6.07) is 8.92. The molecule has 1 aromatic heterocycles. The zero-order valence-corrected chi connectivity index (χ0v) is 13.1. The minimum atomic E-state index is 0.495. The van der Waals surface area contributed by atoms with E-state index in [0.29, 0.717) is 12.0 Å². The van der Waals surface area contributed by atoms with E-state index in [9.17, 15) is 0 Å². The smallest absolute Gasteiger partial charge is 0.0953 e. The second kappa shape index (κ2) is 6.10. The number of imidazole rings is 1. The molecular weight excluding hydrogens is 314 g/mol. The maximum atomic E-state index is 5.97. The third-order valence-electron chi connectivity index (χ3n) is 4.34. The molecule has 2 atom stereocenters. The van der Waals surface area contributed by atoms with Crippen LogP contribution in [0.4, 0.5) is 0 Å². The standard InChI is InChI=1S/C16H20BrN3/c17-14-7-5-12(6-8-14)16-10-19-11-20(16)15-4-2-1-3-13(15)9-18/h5-8,10-11,13,15H,1-4,9,18H2. The molecule has 20 heavy (non-hydrogen) atoms. The molecule has 0 amide bonds. The Morgan fingerprint density at radius 3 is 2.70 bits per heavy atom. The number of nitrogens with zero attached hydrogens (tertiary/aromatic N) is 2. The topological polar surface area (TPSA) is 43.8 Å². The summed E-state index contributed by atoms with van der Waals surface area (Å²) >= 11 is 3.49. The fraction of sp³-hybridized carbons (Fsp3) is 0.438. The second-order valence-electron chi connectivity index (χ2n) is 5.54. The molecule has 1 aromatic carbocycles. The lowest BCUT2D eigenvalue weighted by molar-refractivity contribution is 0.246. The molecule has 0 bridgehead atoms.